The Balaban J connectivity index is 0.00000169. The van der Waals surface area contributed by atoms with Gasteiger partial charge in [-0.25, -0.2) is 8.42 Å². The fourth-order valence-corrected chi connectivity index (χ4v) is 1.93. The summed E-state index contributed by atoms with van der Waals surface area (Å²) in [5.41, 5.74) is 2.50. The van der Waals surface area contributed by atoms with E-state index in [0.29, 0.717) is 5.56 Å². The molecule has 1 rings (SSSR count). The third-order valence-corrected chi connectivity index (χ3v) is 2.31. The standard InChI is InChI=1S/C9H12O3S.Na/c1-7-3-8(2)5-9(4-7)6-13(10,11)12;/h3-5H,6H2,1-2H3,(H,10,11,12);/q;+1/p-1. The zero-order chi connectivity index (χ0) is 10.1. The minimum atomic E-state index is -4.16. The van der Waals surface area contributed by atoms with E-state index >= 15 is 0 Å². The molecule has 0 aromatic heterocycles. The van der Waals surface area contributed by atoms with Crippen LogP contribution in [0.5, 0.6) is 0 Å². The summed E-state index contributed by atoms with van der Waals surface area (Å²) in [6.45, 7) is 3.74. The zero-order valence-corrected chi connectivity index (χ0v) is 11.4. The molecule has 0 heterocycles. The van der Waals surface area contributed by atoms with E-state index in [1.807, 2.05) is 19.9 Å². The summed E-state index contributed by atoms with van der Waals surface area (Å²) in [4.78, 5) is 0. The van der Waals surface area contributed by atoms with E-state index < -0.39 is 15.9 Å². The molecule has 0 aliphatic carbocycles. The maximum Gasteiger partial charge on any atom is 1.00 e. The second-order valence-corrected chi connectivity index (χ2v) is 4.60. The Bertz CT molecular complexity index is 392. The maximum absolute atomic E-state index is 10.5. The molecular formula is C9H11NaO3S. The molecule has 5 heteroatoms. The molecule has 1 aromatic rings. The first-order valence-electron chi connectivity index (χ1n) is 3.87. The topological polar surface area (TPSA) is 57.2 Å². The van der Waals surface area contributed by atoms with Crippen molar-refractivity contribution in [2.75, 3.05) is 0 Å². The van der Waals surface area contributed by atoms with Crippen molar-refractivity contribution in [1.29, 1.82) is 0 Å². The summed E-state index contributed by atoms with van der Waals surface area (Å²) >= 11 is 0. The van der Waals surface area contributed by atoms with Crippen LogP contribution in [-0.2, 0) is 15.9 Å². The average molecular weight is 222 g/mol. The van der Waals surface area contributed by atoms with Gasteiger partial charge in [-0.15, -0.1) is 0 Å². The smallest absolute Gasteiger partial charge is 0.748 e. The second-order valence-electron chi connectivity index (χ2n) is 3.20. The van der Waals surface area contributed by atoms with Crippen molar-refractivity contribution in [2.45, 2.75) is 19.6 Å². The van der Waals surface area contributed by atoms with E-state index in [9.17, 15) is 13.0 Å². The van der Waals surface area contributed by atoms with E-state index in [1.165, 1.54) is 0 Å². The van der Waals surface area contributed by atoms with Crippen LogP contribution in [0.15, 0.2) is 18.2 Å². The normalized spacial score (nSPS) is 10.8. The predicted octanol–water partition coefficient (Wildman–Crippen LogP) is -1.65. The van der Waals surface area contributed by atoms with Crippen LogP contribution in [0.3, 0.4) is 0 Å². The van der Waals surface area contributed by atoms with Crippen LogP contribution in [0.25, 0.3) is 0 Å². The molecule has 0 atom stereocenters. The SMILES string of the molecule is Cc1cc(C)cc(CS(=O)(=O)[O-])c1.[Na+]. The largest absolute Gasteiger partial charge is 1.00 e. The summed E-state index contributed by atoms with van der Waals surface area (Å²) in [5.74, 6) is -0.421. The Hall–Kier alpha value is 0.130. The van der Waals surface area contributed by atoms with Gasteiger partial charge in [0.1, 0.15) is 0 Å². The molecule has 0 radical (unpaired) electrons. The van der Waals surface area contributed by atoms with Gasteiger partial charge in [-0.3, -0.25) is 0 Å². The number of hydrogen-bond donors (Lipinski definition) is 0. The van der Waals surface area contributed by atoms with Crippen molar-refractivity contribution in [3.63, 3.8) is 0 Å². The maximum atomic E-state index is 10.5. The van der Waals surface area contributed by atoms with Crippen molar-refractivity contribution in [3.8, 4) is 0 Å². The molecule has 0 amide bonds. The van der Waals surface area contributed by atoms with Gasteiger partial charge >= 0.3 is 29.6 Å². The molecular weight excluding hydrogens is 211 g/mol. The zero-order valence-electron chi connectivity index (χ0n) is 8.57. The fraction of sp³-hybridized carbons (Fsp3) is 0.333. The van der Waals surface area contributed by atoms with Crippen molar-refractivity contribution in [1.82, 2.24) is 0 Å². The summed E-state index contributed by atoms with van der Waals surface area (Å²) < 4.78 is 31.4. The van der Waals surface area contributed by atoms with Crippen LogP contribution >= 0.6 is 0 Å². The second kappa shape index (κ2) is 5.28. The third kappa shape index (κ3) is 5.12. The molecule has 0 saturated carbocycles. The third-order valence-electron chi connectivity index (χ3n) is 1.62. The fourth-order valence-electron chi connectivity index (χ4n) is 1.36. The van der Waals surface area contributed by atoms with Crippen molar-refractivity contribution >= 4 is 10.1 Å². The van der Waals surface area contributed by atoms with Crippen LogP contribution in [0, 0.1) is 13.8 Å². The number of hydrogen-bond acceptors (Lipinski definition) is 3. The van der Waals surface area contributed by atoms with Gasteiger partial charge in [0, 0.05) is 0 Å². The Morgan fingerprint density at radius 3 is 1.93 bits per heavy atom. The molecule has 72 valence electrons. The summed E-state index contributed by atoms with van der Waals surface area (Å²) in [7, 11) is -4.16. The van der Waals surface area contributed by atoms with Crippen molar-refractivity contribution in [3.05, 3.63) is 34.9 Å². The van der Waals surface area contributed by atoms with Gasteiger partial charge in [0.2, 0.25) is 0 Å². The molecule has 3 nitrogen and oxygen atoms in total. The Labute approximate surface area is 107 Å². The Morgan fingerprint density at radius 1 is 1.14 bits per heavy atom. The van der Waals surface area contributed by atoms with E-state index in [2.05, 4.69) is 0 Å². The van der Waals surface area contributed by atoms with E-state index in [1.54, 1.807) is 12.1 Å². The number of rotatable bonds is 2. The van der Waals surface area contributed by atoms with Gasteiger partial charge in [0.25, 0.3) is 0 Å². The molecule has 0 fully saturated rings. The molecule has 0 aliphatic rings. The van der Waals surface area contributed by atoms with Crippen molar-refractivity contribution < 1.29 is 42.5 Å². The van der Waals surface area contributed by atoms with Gasteiger partial charge in [0.05, 0.1) is 15.9 Å². The van der Waals surface area contributed by atoms with Crippen molar-refractivity contribution in [2.24, 2.45) is 0 Å². The number of benzene rings is 1. The molecule has 0 bridgehead atoms. The van der Waals surface area contributed by atoms with Crippen LogP contribution in [-0.4, -0.2) is 13.0 Å². The summed E-state index contributed by atoms with van der Waals surface area (Å²) in [6, 6.07) is 5.35. The van der Waals surface area contributed by atoms with Crippen LogP contribution < -0.4 is 29.6 Å². The van der Waals surface area contributed by atoms with Gasteiger partial charge in [-0.2, -0.15) is 0 Å². The predicted molar refractivity (Wildman–Crippen MR) is 49.3 cm³/mol. The van der Waals surface area contributed by atoms with Gasteiger partial charge in [0.15, 0.2) is 0 Å². The first-order chi connectivity index (χ1) is 5.87. The van der Waals surface area contributed by atoms with E-state index in [4.69, 9.17) is 0 Å². The van der Waals surface area contributed by atoms with E-state index in [0.717, 1.165) is 11.1 Å². The van der Waals surface area contributed by atoms with Crippen LogP contribution in [0.1, 0.15) is 16.7 Å². The van der Waals surface area contributed by atoms with Crippen LogP contribution in [0.2, 0.25) is 0 Å². The van der Waals surface area contributed by atoms with E-state index in [-0.39, 0.29) is 29.6 Å². The minimum Gasteiger partial charge on any atom is -0.748 e. The first-order valence-corrected chi connectivity index (χ1v) is 5.45. The van der Waals surface area contributed by atoms with Gasteiger partial charge in [-0.1, -0.05) is 29.3 Å². The summed E-state index contributed by atoms with van der Waals surface area (Å²) in [6.07, 6.45) is 0. The summed E-state index contributed by atoms with van der Waals surface area (Å²) in [5, 5.41) is 0. The van der Waals surface area contributed by atoms with Gasteiger partial charge < -0.3 is 4.55 Å². The molecule has 1 aromatic carbocycles. The Morgan fingerprint density at radius 2 is 1.57 bits per heavy atom. The quantitative estimate of drug-likeness (QED) is 0.445. The van der Waals surface area contributed by atoms with Crippen LogP contribution in [0.4, 0.5) is 0 Å². The van der Waals surface area contributed by atoms with Gasteiger partial charge in [-0.05, 0) is 19.4 Å². The monoisotopic (exact) mass is 222 g/mol. The molecule has 0 unspecified atom stereocenters. The average Bonchev–Trinajstić information content (AvgIpc) is 1.78. The minimum absolute atomic E-state index is 0. The molecule has 0 spiro atoms. The number of aryl methyl sites for hydroxylation is 2. The Kier molecular flexibility index (Phi) is 5.33. The molecule has 0 aliphatic heterocycles. The molecule has 0 saturated heterocycles. The molecule has 14 heavy (non-hydrogen) atoms. The molecule has 0 N–H and O–H groups in total. The first kappa shape index (κ1) is 14.1.